The van der Waals surface area contributed by atoms with Crippen molar-refractivity contribution in [1.82, 2.24) is 4.98 Å². The number of oxime groups is 1. The zero-order valence-corrected chi connectivity index (χ0v) is 8.78. The van der Waals surface area contributed by atoms with Crippen molar-refractivity contribution in [2.24, 2.45) is 10.9 Å². The number of nitrogens with zero attached hydrogens (tertiary/aromatic N) is 2. The van der Waals surface area contributed by atoms with E-state index in [1.807, 2.05) is 6.07 Å². The third-order valence-corrected chi connectivity index (χ3v) is 3.14. The van der Waals surface area contributed by atoms with E-state index in [0.717, 1.165) is 18.1 Å². The molecule has 1 aromatic heterocycles. The monoisotopic (exact) mass is 225 g/mol. The predicted molar refractivity (Wildman–Crippen MR) is 57.2 cm³/mol. The number of thioether (sulfide) groups is 1. The lowest BCUT2D eigenvalue weighted by Crippen LogP contribution is -2.30. The average molecular weight is 225 g/mol. The van der Waals surface area contributed by atoms with Crippen LogP contribution in [0.5, 0.6) is 0 Å². The van der Waals surface area contributed by atoms with Crippen LogP contribution in [-0.2, 0) is 4.74 Å². The Morgan fingerprint density at radius 1 is 1.67 bits per heavy atom. The Hall–Kier alpha value is -1.27. The van der Waals surface area contributed by atoms with Gasteiger partial charge >= 0.3 is 0 Å². The van der Waals surface area contributed by atoms with Crippen molar-refractivity contribution in [3.05, 3.63) is 24.0 Å². The van der Waals surface area contributed by atoms with Gasteiger partial charge in [-0.05, 0) is 12.1 Å². The van der Waals surface area contributed by atoms with Gasteiger partial charge in [-0.3, -0.25) is 4.98 Å². The first kappa shape index (κ1) is 10.3. The SMILES string of the molecule is NC(=NO)c1cc(SC2COC2)ccn1. The molecule has 0 unspecified atom stereocenters. The summed E-state index contributed by atoms with van der Waals surface area (Å²) in [6, 6.07) is 3.70. The third kappa shape index (κ3) is 2.40. The second-order valence-corrected chi connectivity index (χ2v) is 4.51. The number of aromatic nitrogens is 1. The molecule has 0 aromatic carbocycles. The summed E-state index contributed by atoms with van der Waals surface area (Å²) < 4.78 is 5.08. The highest BCUT2D eigenvalue weighted by atomic mass is 32.2. The van der Waals surface area contributed by atoms with Crippen molar-refractivity contribution in [3.63, 3.8) is 0 Å². The number of rotatable bonds is 3. The van der Waals surface area contributed by atoms with E-state index in [2.05, 4.69) is 10.1 Å². The van der Waals surface area contributed by atoms with E-state index in [-0.39, 0.29) is 5.84 Å². The van der Waals surface area contributed by atoms with Crippen LogP contribution >= 0.6 is 11.8 Å². The molecule has 0 bridgehead atoms. The average Bonchev–Trinajstić information content (AvgIpc) is 2.23. The Bertz CT molecular complexity index is 379. The van der Waals surface area contributed by atoms with E-state index in [1.165, 1.54) is 0 Å². The zero-order valence-electron chi connectivity index (χ0n) is 7.96. The van der Waals surface area contributed by atoms with E-state index >= 15 is 0 Å². The first-order valence-corrected chi connectivity index (χ1v) is 5.36. The Labute approximate surface area is 91.3 Å². The predicted octanol–water partition coefficient (Wildman–Crippen LogP) is 0.667. The molecule has 15 heavy (non-hydrogen) atoms. The normalized spacial score (nSPS) is 17.5. The molecule has 0 aliphatic carbocycles. The summed E-state index contributed by atoms with van der Waals surface area (Å²) >= 11 is 1.72. The molecule has 1 aliphatic rings. The zero-order chi connectivity index (χ0) is 10.7. The van der Waals surface area contributed by atoms with Crippen LogP contribution in [0.15, 0.2) is 28.4 Å². The van der Waals surface area contributed by atoms with Crippen molar-refractivity contribution in [2.75, 3.05) is 13.2 Å². The molecule has 3 N–H and O–H groups in total. The molecule has 0 amide bonds. The first-order valence-electron chi connectivity index (χ1n) is 4.48. The maximum absolute atomic E-state index is 8.51. The van der Waals surface area contributed by atoms with Gasteiger partial charge in [0.25, 0.3) is 0 Å². The summed E-state index contributed by atoms with van der Waals surface area (Å²) in [5, 5.41) is 11.9. The second-order valence-electron chi connectivity index (χ2n) is 3.14. The van der Waals surface area contributed by atoms with Crippen molar-refractivity contribution in [1.29, 1.82) is 0 Å². The highest BCUT2D eigenvalue weighted by molar-refractivity contribution is 8.00. The molecular formula is C9H11N3O2S. The fourth-order valence-corrected chi connectivity index (χ4v) is 2.18. The van der Waals surface area contributed by atoms with Gasteiger partial charge in [-0.1, -0.05) is 5.16 Å². The van der Waals surface area contributed by atoms with Crippen LogP contribution in [0, 0.1) is 0 Å². The van der Waals surface area contributed by atoms with Crippen molar-refractivity contribution >= 4 is 17.6 Å². The largest absolute Gasteiger partial charge is 0.409 e. The van der Waals surface area contributed by atoms with E-state index in [4.69, 9.17) is 15.7 Å². The topological polar surface area (TPSA) is 80.7 Å². The lowest BCUT2D eigenvalue weighted by Gasteiger charge is -2.25. The summed E-state index contributed by atoms with van der Waals surface area (Å²) in [5.74, 6) is 0.0299. The van der Waals surface area contributed by atoms with Crippen LogP contribution in [0.25, 0.3) is 0 Å². The quantitative estimate of drug-likeness (QED) is 0.342. The van der Waals surface area contributed by atoms with Crippen LogP contribution in [0.2, 0.25) is 0 Å². The standard InChI is InChI=1S/C9H11N3O2S/c10-9(12-13)8-3-6(1-2-11-8)15-7-4-14-5-7/h1-3,7,13H,4-5H2,(H2,10,12). The number of pyridine rings is 1. The van der Waals surface area contributed by atoms with Gasteiger partial charge in [0.05, 0.1) is 18.5 Å². The molecule has 2 heterocycles. The number of ether oxygens (including phenoxy) is 1. The van der Waals surface area contributed by atoms with Gasteiger partial charge in [-0.15, -0.1) is 11.8 Å². The lowest BCUT2D eigenvalue weighted by molar-refractivity contribution is 0.0455. The summed E-state index contributed by atoms with van der Waals surface area (Å²) in [7, 11) is 0. The summed E-state index contributed by atoms with van der Waals surface area (Å²) in [4.78, 5) is 5.06. The van der Waals surface area contributed by atoms with Crippen LogP contribution in [-0.4, -0.2) is 34.5 Å². The molecule has 5 nitrogen and oxygen atoms in total. The minimum Gasteiger partial charge on any atom is -0.409 e. The van der Waals surface area contributed by atoms with Crippen LogP contribution in [0.4, 0.5) is 0 Å². The highest BCUT2D eigenvalue weighted by Crippen LogP contribution is 2.27. The van der Waals surface area contributed by atoms with Crippen molar-refractivity contribution in [3.8, 4) is 0 Å². The number of amidine groups is 1. The molecule has 1 aromatic rings. The Morgan fingerprint density at radius 3 is 3.07 bits per heavy atom. The minimum atomic E-state index is 0.0299. The molecule has 1 aliphatic heterocycles. The molecule has 0 saturated carbocycles. The lowest BCUT2D eigenvalue weighted by atomic mass is 10.3. The Balaban J connectivity index is 2.11. The first-order chi connectivity index (χ1) is 7.29. The molecule has 80 valence electrons. The van der Waals surface area contributed by atoms with Gasteiger partial charge in [0.15, 0.2) is 5.84 Å². The fraction of sp³-hybridized carbons (Fsp3) is 0.333. The van der Waals surface area contributed by atoms with Gasteiger partial charge in [-0.2, -0.15) is 0 Å². The highest BCUT2D eigenvalue weighted by Gasteiger charge is 2.19. The van der Waals surface area contributed by atoms with Crippen molar-refractivity contribution in [2.45, 2.75) is 10.1 Å². The molecule has 0 radical (unpaired) electrons. The van der Waals surface area contributed by atoms with Crippen molar-refractivity contribution < 1.29 is 9.94 Å². The third-order valence-electron chi connectivity index (χ3n) is 2.01. The second kappa shape index (κ2) is 4.50. The molecule has 2 rings (SSSR count). The van der Waals surface area contributed by atoms with Gasteiger partial charge in [0.2, 0.25) is 0 Å². The molecule has 0 spiro atoms. The Kier molecular flexibility index (Phi) is 3.08. The molecule has 1 saturated heterocycles. The van der Waals surface area contributed by atoms with Crippen LogP contribution < -0.4 is 5.73 Å². The Morgan fingerprint density at radius 2 is 2.47 bits per heavy atom. The summed E-state index contributed by atoms with van der Waals surface area (Å²) in [5.41, 5.74) is 5.93. The van der Waals surface area contributed by atoms with Gasteiger partial charge in [-0.25, -0.2) is 0 Å². The maximum atomic E-state index is 8.51. The van der Waals surface area contributed by atoms with Gasteiger partial charge in [0, 0.05) is 11.1 Å². The molecule has 0 atom stereocenters. The fourth-order valence-electron chi connectivity index (χ4n) is 1.15. The molecule has 6 heteroatoms. The van der Waals surface area contributed by atoms with Gasteiger partial charge < -0.3 is 15.7 Å². The molecular weight excluding hydrogens is 214 g/mol. The van der Waals surface area contributed by atoms with Crippen LogP contribution in [0.1, 0.15) is 5.69 Å². The number of nitrogens with two attached hydrogens (primary N) is 1. The summed E-state index contributed by atoms with van der Waals surface area (Å²) in [6.07, 6.45) is 1.65. The maximum Gasteiger partial charge on any atom is 0.188 e. The number of hydrogen-bond acceptors (Lipinski definition) is 5. The number of hydrogen-bond donors (Lipinski definition) is 2. The van der Waals surface area contributed by atoms with Crippen LogP contribution in [0.3, 0.4) is 0 Å². The summed E-state index contributed by atoms with van der Waals surface area (Å²) in [6.45, 7) is 1.57. The van der Waals surface area contributed by atoms with E-state index in [0.29, 0.717) is 10.9 Å². The van der Waals surface area contributed by atoms with Gasteiger partial charge in [0.1, 0.15) is 5.69 Å². The van der Waals surface area contributed by atoms with E-state index < -0.39 is 0 Å². The van der Waals surface area contributed by atoms with E-state index in [1.54, 1.807) is 24.0 Å². The smallest absolute Gasteiger partial charge is 0.188 e. The minimum absolute atomic E-state index is 0.0299. The van der Waals surface area contributed by atoms with E-state index in [9.17, 15) is 0 Å². The molecule has 1 fully saturated rings.